The maximum absolute atomic E-state index is 12.2. The number of hydrogen-bond acceptors (Lipinski definition) is 4. The number of nitrogens with one attached hydrogen (secondary N) is 1. The maximum Gasteiger partial charge on any atom is 0.283 e. The molecule has 0 aliphatic carbocycles. The van der Waals surface area contributed by atoms with Gasteiger partial charge in [-0.15, -0.1) is 11.3 Å². The second kappa shape index (κ2) is 5.94. The van der Waals surface area contributed by atoms with E-state index in [0.29, 0.717) is 15.7 Å². The third-order valence-electron chi connectivity index (χ3n) is 3.11. The number of furan rings is 1. The molecule has 0 aliphatic rings. The lowest BCUT2D eigenvalue weighted by Crippen LogP contribution is -2.16. The summed E-state index contributed by atoms with van der Waals surface area (Å²) in [6.07, 6.45) is 1.45. The molecule has 0 bridgehead atoms. The molecule has 0 unspecified atom stereocenters. The van der Waals surface area contributed by atoms with Crippen LogP contribution in [0.2, 0.25) is 5.02 Å². The number of carbonyl (C=O) groups is 1. The van der Waals surface area contributed by atoms with Crippen molar-refractivity contribution in [1.82, 2.24) is 5.43 Å². The number of benzene rings is 1. The van der Waals surface area contributed by atoms with Crippen molar-refractivity contribution in [3.8, 4) is 0 Å². The van der Waals surface area contributed by atoms with Crippen LogP contribution in [0.15, 0.2) is 39.9 Å². The summed E-state index contributed by atoms with van der Waals surface area (Å²) in [6.45, 7) is 3.84. The minimum absolute atomic E-state index is 0.330. The van der Waals surface area contributed by atoms with E-state index in [1.54, 1.807) is 6.07 Å². The molecule has 0 saturated carbocycles. The summed E-state index contributed by atoms with van der Waals surface area (Å²) in [5.74, 6) is 1.04. The van der Waals surface area contributed by atoms with Gasteiger partial charge in [-0.1, -0.05) is 23.7 Å². The first-order valence-corrected chi connectivity index (χ1v) is 7.82. The minimum atomic E-state index is -0.330. The first-order valence-electron chi connectivity index (χ1n) is 6.63. The molecule has 6 heteroatoms. The highest BCUT2D eigenvalue weighted by Gasteiger charge is 2.16. The number of nitrogens with zero attached hydrogens (tertiary/aromatic N) is 1. The van der Waals surface area contributed by atoms with Crippen LogP contribution in [0.4, 0.5) is 0 Å². The molecule has 2 heterocycles. The van der Waals surface area contributed by atoms with Gasteiger partial charge in [-0.25, -0.2) is 5.43 Å². The topological polar surface area (TPSA) is 54.6 Å². The molecule has 22 heavy (non-hydrogen) atoms. The number of halogens is 1. The minimum Gasteiger partial charge on any atom is -0.460 e. The van der Waals surface area contributed by atoms with Gasteiger partial charge in [0.25, 0.3) is 5.91 Å². The first-order chi connectivity index (χ1) is 10.5. The van der Waals surface area contributed by atoms with E-state index in [0.717, 1.165) is 21.4 Å². The molecule has 4 nitrogen and oxygen atoms in total. The zero-order valence-corrected chi connectivity index (χ0v) is 13.6. The van der Waals surface area contributed by atoms with E-state index in [1.165, 1.54) is 17.6 Å². The van der Waals surface area contributed by atoms with Gasteiger partial charge in [-0.3, -0.25) is 4.79 Å². The van der Waals surface area contributed by atoms with Crippen LogP contribution >= 0.6 is 22.9 Å². The third-order valence-corrected chi connectivity index (χ3v) is 4.77. The molecule has 2 aromatic heterocycles. The van der Waals surface area contributed by atoms with Crippen LogP contribution in [-0.2, 0) is 0 Å². The van der Waals surface area contributed by atoms with Crippen molar-refractivity contribution in [2.75, 3.05) is 0 Å². The Balaban J connectivity index is 1.80. The number of thiophene rings is 1. The van der Waals surface area contributed by atoms with Gasteiger partial charge in [0.15, 0.2) is 0 Å². The van der Waals surface area contributed by atoms with E-state index in [1.807, 2.05) is 38.1 Å². The lowest BCUT2D eigenvalue weighted by atomic mass is 10.2. The summed E-state index contributed by atoms with van der Waals surface area (Å²) in [7, 11) is 0. The number of amides is 1. The number of fused-ring (bicyclic) bond motifs is 1. The molecule has 0 fully saturated rings. The molecular formula is C16H13ClN2O2S. The van der Waals surface area contributed by atoms with Gasteiger partial charge in [-0.05, 0) is 37.6 Å². The third kappa shape index (κ3) is 2.91. The molecule has 1 N–H and O–H groups in total. The Kier molecular flexibility index (Phi) is 4.00. The van der Waals surface area contributed by atoms with Crippen LogP contribution in [-0.4, -0.2) is 12.1 Å². The van der Waals surface area contributed by atoms with Gasteiger partial charge >= 0.3 is 0 Å². The lowest BCUT2D eigenvalue weighted by molar-refractivity contribution is 0.0959. The number of carbonyl (C=O) groups excluding carboxylic acids is 1. The summed E-state index contributed by atoms with van der Waals surface area (Å²) in [6, 6.07) is 9.52. The Morgan fingerprint density at radius 1 is 1.32 bits per heavy atom. The number of aryl methyl sites for hydroxylation is 2. The van der Waals surface area contributed by atoms with E-state index >= 15 is 0 Å². The van der Waals surface area contributed by atoms with E-state index in [9.17, 15) is 4.79 Å². The Morgan fingerprint density at radius 3 is 2.86 bits per heavy atom. The van der Waals surface area contributed by atoms with Crippen molar-refractivity contribution >= 4 is 45.1 Å². The van der Waals surface area contributed by atoms with E-state index in [4.69, 9.17) is 16.0 Å². The second-order valence-corrected chi connectivity index (χ2v) is 6.32. The maximum atomic E-state index is 12.2. The Bertz CT molecular complexity index is 880. The van der Waals surface area contributed by atoms with E-state index < -0.39 is 0 Å². The number of rotatable bonds is 3. The molecule has 0 spiro atoms. The van der Waals surface area contributed by atoms with Crippen LogP contribution in [0.3, 0.4) is 0 Å². The van der Waals surface area contributed by atoms with E-state index in [2.05, 4.69) is 10.5 Å². The predicted octanol–water partition coefficient (Wildman–Crippen LogP) is 4.53. The van der Waals surface area contributed by atoms with Crippen molar-refractivity contribution in [2.45, 2.75) is 13.8 Å². The van der Waals surface area contributed by atoms with Crippen molar-refractivity contribution in [3.05, 3.63) is 57.3 Å². The van der Waals surface area contributed by atoms with Crippen LogP contribution < -0.4 is 5.43 Å². The SMILES string of the molecule is Cc1ccc2c(Cl)c(C(=O)N/N=C/c3ccc(C)o3)sc2c1. The zero-order valence-electron chi connectivity index (χ0n) is 12.0. The lowest BCUT2D eigenvalue weighted by Gasteiger charge is -1.96. The molecule has 0 atom stereocenters. The summed E-state index contributed by atoms with van der Waals surface area (Å²) in [5.41, 5.74) is 3.60. The van der Waals surface area contributed by atoms with Gasteiger partial charge in [0.1, 0.15) is 16.4 Å². The summed E-state index contributed by atoms with van der Waals surface area (Å²) < 4.78 is 6.32. The Labute approximate surface area is 136 Å². The molecule has 0 aliphatic heterocycles. The molecule has 1 amide bonds. The fourth-order valence-electron chi connectivity index (χ4n) is 2.05. The second-order valence-electron chi connectivity index (χ2n) is 4.89. The van der Waals surface area contributed by atoms with Crippen LogP contribution in [0.25, 0.3) is 10.1 Å². The molecule has 1 aromatic carbocycles. The van der Waals surface area contributed by atoms with Crippen molar-refractivity contribution in [3.63, 3.8) is 0 Å². The van der Waals surface area contributed by atoms with Gasteiger partial charge in [0.2, 0.25) is 0 Å². The van der Waals surface area contributed by atoms with Gasteiger partial charge < -0.3 is 4.42 Å². The normalized spacial score (nSPS) is 11.4. The molecule has 0 saturated heterocycles. The standard InChI is InChI=1S/C16H13ClN2O2S/c1-9-3-6-12-13(7-9)22-15(14(12)17)16(20)19-18-8-11-5-4-10(2)21-11/h3-8H,1-2H3,(H,19,20)/b18-8+. The highest BCUT2D eigenvalue weighted by molar-refractivity contribution is 7.21. The van der Waals surface area contributed by atoms with Crippen molar-refractivity contribution < 1.29 is 9.21 Å². The van der Waals surface area contributed by atoms with Crippen LogP contribution in [0, 0.1) is 13.8 Å². The molecule has 0 radical (unpaired) electrons. The van der Waals surface area contributed by atoms with Gasteiger partial charge in [0, 0.05) is 10.1 Å². The molecule has 112 valence electrons. The fourth-order valence-corrected chi connectivity index (χ4v) is 3.55. The molecule has 3 rings (SSSR count). The molecule has 3 aromatic rings. The number of hydrazone groups is 1. The highest BCUT2D eigenvalue weighted by Crippen LogP contribution is 2.35. The average Bonchev–Trinajstić information content (AvgIpc) is 3.03. The zero-order chi connectivity index (χ0) is 15.7. The number of hydrogen-bond donors (Lipinski definition) is 1. The highest BCUT2D eigenvalue weighted by atomic mass is 35.5. The first kappa shape index (κ1) is 14.8. The Morgan fingerprint density at radius 2 is 2.14 bits per heavy atom. The summed E-state index contributed by atoms with van der Waals surface area (Å²) >= 11 is 7.64. The smallest absolute Gasteiger partial charge is 0.283 e. The quantitative estimate of drug-likeness (QED) is 0.566. The van der Waals surface area contributed by atoms with Crippen LogP contribution in [0.5, 0.6) is 0 Å². The average molecular weight is 333 g/mol. The predicted molar refractivity (Wildman–Crippen MR) is 90.1 cm³/mol. The van der Waals surface area contributed by atoms with Crippen molar-refractivity contribution in [2.24, 2.45) is 5.10 Å². The monoisotopic (exact) mass is 332 g/mol. The van der Waals surface area contributed by atoms with Crippen LogP contribution in [0.1, 0.15) is 26.8 Å². The van der Waals surface area contributed by atoms with E-state index in [-0.39, 0.29) is 5.91 Å². The summed E-state index contributed by atoms with van der Waals surface area (Å²) in [5, 5.41) is 5.23. The molecular weight excluding hydrogens is 320 g/mol. The fraction of sp³-hybridized carbons (Fsp3) is 0.125. The van der Waals surface area contributed by atoms with Gasteiger partial charge in [-0.2, -0.15) is 5.10 Å². The van der Waals surface area contributed by atoms with Gasteiger partial charge in [0.05, 0.1) is 11.2 Å². The Hall–Kier alpha value is -2.11. The largest absolute Gasteiger partial charge is 0.460 e. The van der Waals surface area contributed by atoms with Crippen molar-refractivity contribution in [1.29, 1.82) is 0 Å². The summed E-state index contributed by atoms with van der Waals surface area (Å²) in [4.78, 5) is 12.6.